The molecule has 0 radical (unpaired) electrons. The van der Waals surface area contributed by atoms with Crippen molar-refractivity contribution in [1.29, 1.82) is 0 Å². The highest BCUT2D eigenvalue weighted by molar-refractivity contribution is 7.99. The van der Waals surface area contributed by atoms with Crippen molar-refractivity contribution in [2.24, 2.45) is 0 Å². The molecule has 2 heterocycles. The van der Waals surface area contributed by atoms with Gasteiger partial charge in [0, 0.05) is 0 Å². The van der Waals surface area contributed by atoms with Gasteiger partial charge in [-0.05, 0) is 61.8 Å². The van der Waals surface area contributed by atoms with Gasteiger partial charge in [0.25, 0.3) is 5.91 Å². The Hall–Kier alpha value is -1.47. The number of amides is 1. The Morgan fingerprint density at radius 2 is 1.68 bits per heavy atom. The number of nitrogens with one attached hydrogen (secondary N) is 1. The number of benzene rings is 1. The zero-order valence-electron chi connectivity index (χ0n) is 14.9. The molecule has 25 heavy (non-hydrogen) atoms. The lowest BCUT2D eigenvalue weighted by molar-refractivity contribution is -0.116. The standard InChI is InChI=1S/C18H23NO4S2/c1-11-9-12(2)14(13(3)10-11)15-16(23-25(4,21)22)18(19-17(15)20)5-7-24-8-6-18/h9-10H,5-8H2,1-4H3,(H,19,20). The Morgan fingerprint density at radius 3 is 2.20 bits per heavy atom. The summed E-state index contributed by atoms with van der Waals surface area (Å²) in [5, 5.41) is 3.04. The van der Waals surface area contributed by atoms with Gasteiger partial charge in [-0.1, -0.05) is 17.7 Å². The van der Waals surface area contributed by atoms with Crippen LogP contribution in [0.15, 0.2) is 17.9 Å². The SMILES string of the molecule is Cc1cc(C)c(C2=C(OS(C)(=O)=O)C3(CCSCC3)NC2=O)c(C)c1. The van der Waals surface area contributed by atoms with Crippen LogP contribution in [0.1, 0.15) is 35.1 Å². The predicted octanol–water partition coefficient (Wildman–Crippen LogP) is 2.69. The summed E-state index contributed by atoms with van der Waals surface area (Å²) in [5.74, 6) is 1.74. The van der Waals surface area contributed by atoms with Crippen molar-refractivity contribution >= 4 is 33.4 Å². The molecule has 1 aromatic carbocycles. The summed E-state index contributed by atoms with van der Waals surface area (Å²) in [6.45, 7) is 5.88. The van der Waals surface area contributed by atoms with Gasteiger partial charge in [0.15, 0.2) is 5.76 Å². The van der Waals surface area contributed by atoms with Crippen molar-refractivity contribution in [1.82, 2.24) is 5.32 Å². The highest BCUT2D eigenvalue weighted by Crippen LogP contribution is 2.44. The van der Waals surface area contributed by atoms with Crippen molar-refractivity contribution < 1.29 is 17.4 Å². The Labute approximate surface area is 153 Å². The largest absolute Gasteiger partial charge is 0.384 e. The smallest absolute Gasteiger partial charge is 0.306 e. The molecule has 1 N–H and O–H groups in total. The first-order valence-corrected chi connectivity index (χ1v) is 11.2. The fourth-order valence-electron chi connectivity index (χ4n) is 3.83. The first-order valence-electron chi connectivity index (χ1n) is 8.26. The maximum Gasteiger partial charge on any atom is 0.306 e. The molecule has 3 rings (SSSR count). The number of rotatable bonds is 3. The van der Waals surface area contributed by atoms with Crippen LogP contribution < -0.4 is 5.32 Å². The fraction of sp³-hybridized carbons (Fsp3) is 0.500. The number of aryl methyl sites for hydroxylation is 3. The molecule has 0 bridgehead atoms. The molecule has 0 saturated carbocycles. The zero-order chi connectivity index (χ0) is 18.4. The van der Waals surface area contributed by atoms with Crippen LogP contribution in [0.2, 0.25) is 0 Å². The predicted molar refractivity (Wildman–Crippen MR) is 101 cm³/mol. The molecule has 0 atom stereocenters. The molecule has 0 aliphatic carbocycles. The average molecular weight is 382 g/mol. The molecule has 136 valence electrons. The van der Waals surface area contributed by atoms with Crippen LogP contribution in [-0.2, 0) is 19.1 Å². The topological polar surface area (TPSA) is 72.5 Å². The number of hydrogen-bond donors (Lipinski definition) is 1. The third-order valence-electron chi connectivity index (χ3n) is 4.75. The van der Waals surface area contributed by atoms with Gasteiger partial charge in [0.05, 0.1) is 11.8 Å². The summed E-state index contributed by atoms with van der Waals surface area (Å²) in [7, 11) is -3.74. The summed E-state index contributed by atoms with van der Waals surface area (Å²) >= 11 is 1.80. The first kappa shape index (κ1) is 18.3. The lowest BCUT2D eigenvalue weighted by Crippen LogP contribution is -2.48. The molecule has 1 amide bonds. The minimum atomic E-state index is -3.74. The van der Waals surface area contributed by atoms with Crippen molar-refractivity contribution in [3.8, 4) is 0 Å². The Kier molecular flexibility index (Phi) is 4.66. The second kappa shape index (κ2) is 6.36. The van der Waals surface area contributed by atoms with Gasteiger partial charge >= 0.3 is 10.1 Å². The summed E-state index contributed by atoms with van der Waals surface area (Å²) in [6, 6.07) is 4.00. The number of carbonyl (C=O) groups is 1. The lowest BCUT2D eigenvalue weighted by Gasteiger charge is -2.34. The fourth-order valence-corrected chi connectivity index (χ4v) is 5.56. The molecule has 2 aliphatic heterocycles. The van der Waals surface area contributed by atoms with Crippen LogP contribution in [-0.4, -0.2) is 37.6 Å². The molecular weight excluding hydrogens is 358 g/mol. The number of hydrogen-bond acceptors (Lipinski definition) is 5. The molecule has 7 heteroatoms. The Morgan fingerprint density at radius 1 is 1.12 bits per heavy atom. The van der Waals surface area contributed by atoms with Gasteiger partial charge in [0.2, 0.25) is 0 Å². The zero-order valence-corrected chi connectivity index (χ0v) is 16.6. The molecule has 5 nitrogen and oxygen atoms in total. The number of carbonyl (C=O) groups excluding carboxylic acids is 1. The van der Waals surface area contributed by atoms with Gasteiger partial charge < -0.3 is 9.50 Å². The molecule has 1 saturated heterocycles. The molecule has 1 fully saturated rings. The van der Waals surface area contributed by atoms with Crippen LogP contribution in [0.4, 0.5) is 0 Å². The highest BCUT2D eigenvalue weighted by Gasteiger charge is 2.49. The van der Waals surface area contributed by atoms with Crippen LogP contribution in [0.5, 0.6) is 0 Å². The molecular formula is C18H23NO4S2. The lowest BCUT2D eigenvalue weighted by atomic mass is 9.87. The van der Waals surface area contributed by atoms with Gasteiger partial charge in [-0.3, -0.25) is 4.79 Å². The summed E-state index contributed by atoms with van der Waals surface area (Å²) in [6.07, 6.45) is 2.37. The molecule has 1 aromatic rings. The number of thioether (sulfide) groups is 1. The van der Waals surface area contributed by atoms with E-state index in [2.05, 4.69) is 5.32 Å². The van der Waals surface area contributed by atoms with E-state index in [1.165, 1.54) is 0 Å². The van der Waals surface area contributed by atoms with Gasteiger partial charge in [-0.15, -0.1) is 0 Å². The Balaban J connectivity index is 2.26. The first-order chi connectivity index (χ1) is 11.6. The van der Waals surface area contributed by atoms with E-state index < -0.39 is 15.7 Å². The van der Waals surface area contributed by atoms with Crippen LogP contribution in [0.25, 0.3) is 5.57 Å². The van der Waals surface area contributed by atoms with Crippen LogP contribution >= 0.6 is 11.8 Å². The maximum atomic E-state index is 12.9. The van der Waals surface area contributed by atoms with Gasteiger partial charge in [0.1, 0.15) is 5.54 Å². The second-order valence-electron chi connectivity index (χ2n) is 6.91. The summed E-state index contributed by atoms with van der Waals surface area (Å²) < 4.78 is 29.3. The minimum absolute atomic E-state index is 0.249. The van der Waals surface area contributed by atoms with Crippen LogP contribution in [0, 0.1) is 20.8 Å². The van der Waals surface area contributed by atoms with Gasteiger partial charge in [-0.2, -0.15) is 20.2 Å². The minimum Gasteiger partial charge on any atom is -0.384 e. The van der Waals surface area contributed by atoms with E-state index >= 15 is 0 Å². The highest BCUT2D eigenvalue weighted by atomic mass is 32.2. The Bertz CT molecular complexity index is 842. The molecule has 0 aromatic heterocycles. The van der Waals surface area contributed by atoms with E-state index in [-0.39, 0.29) is 11.7 Å². The molecule has 2 aliphatic rings. The summed E-state index contributed by atoms with van der Waals surface area (Å²) in [4.78, 5) is 12.9. The van der Waals surface area contributed by atoms with Crippen molar-refractivity contribution in [2.75, 3.05) is 17.8 Å². The maximum absolute atomic E-state index is 12.9. The average Bonchev–Trinajstić information content (AvgIpc) is 2.70. The van der Waals surface area contributed by atoms with E-state index in [0.717, 1.165) is 40.0 Å². The molecule has 0 unspecified atom stereocenters. The van der Waals surface area contributed by atoms with Crippen molar-refractivity contribution in [2.45, 2.75) is 39.2 Å². The van der Waals surface area contributed by atoms with Crippen LogP contribution in [0.3, 0.4) is 0 Å². The third-order valence-corrected chi connectivity index (χ3v) is 6.20. The van der Waals surface area contributed by atoms with Crippen molar-refractivity contribution in [3.05, 3.63) is 40.1 Å². The van der Waals surface area contributed by atoms with Crippen molar-refractivity contribution in [3.63, 3.8) is 0 Å². The monoisotopic (exact) mass is 381 g/mol. The normalized spacial score (nSPS) is 20.1. The van der Waals surface area contributed by atoms with E-state index in [1.807, 2.05) is 32.9 Å². The van der Waals surface area contributed by atoms with E-state index in [1.54, 1.807) is 11.8 Å². The van der Waals surface area contributed by atoms with E-state index in [4.69, 9.17) is 4.18 Å². The van der Waals surface area contributed by atoms with E-state index in [0.29, 0.717) is 18.4 Å². The molecule has 1 spiro atoms. The second-order valence-corrected chi connectivity index (χ2v) is 9.71. The third kappa shape index (κ3) is 3.44. The van der Waals surface area contributed by atoms with Gasteiger partial charge in [-0.25, -0.2) is 0 Å². The quantitative estimate of drug-likeness (QED) is 0.815. The van der Waals surface area contributed by atoms with E-state index in [9.17, 15) is 13.2 Å². The summed E-state index contributed by atoms with van der Waals surface area (Å²) in [5.41, 5.74) is 3.42.